The molecule has 0 spiro atoms. The van der Waals surface area contributed by atoms with Gasteiger partial charge < -0.3 is 5.73 Å². The van der Waals surface area contributed by atoms with Crippen molar-refractivity contribution in [2.75, 3.05) is 13.1 Å². The van der Waals surface area contributed by atoms with E-state index >= 15 is 0 Å². The monoisotopic (exact) mass is 282 g/mol. The van der Waals surface area contributed by atoms with Crippen molar-refractivity contribution in [3.05, 3.63) is 70.8 Å². The first-order valence-electron chi connectivity index (χ1n) is 7.67. The highest BCUT2D eigenvalue weighted by Gasteiger charge is 2.17. The lowest BCUT2D eigenvalue weighted by Crippen LogP contribution is -2.32. The highest BCUT2D eigenvalue weighted by Crippen LogP contribution is 2.25. The van der Waals surface area contributed by atoms with Gasteiger partial charge in [-0.15, -0.1) is 0 Å². The number of nitrogens with zero attached hydrogens (tertiary/aromatic N) is 1. The quantitative estimate of drug-likeness (QED) is 0.872. The van der Waals surface area contributed by atoms with Crippen LogP contribution in [0.2, 0.25) is 0 Å². The minimum Gasteiger partial charge on any atom is -0.329 e. The number of aryl methyl sites for hydroxylation is 2. The van der Waals surface area contributed by atoms with Gasteiger partial charge in [-0.2, -0.15) is 0 Å². The zero-order valence-electron chi connectivity index (χ0n) is 13.3. The molecular weight excluding hydrogens is 256 g/mol. The molecule has 2 N–H and O–H groups in total. The highest BCUT2D eigenvalue weighted by molar-refractivity contribution is 5.33. The third-order valence-electron chi connectivity index (χ3n) is 4.08. The van der Waals surface area contributed by atoms with Crippen LogP contribution in [0.3, 0.4) is 0 Å². The lowest BCUT2D eigenvalue weighted by Gasteiger charge is -2.30. The molecule has 0 aliphatic rings. The van der Waals surface area contributed by atoms with Gasteiger partial charge in [0.25, 0.3) is 0 Å². The molecule has 1 atom stereocenters. The van der Waals surface area contributed by atoms with Crippen molar-refractivity contribution >= 4 is 0 Å². The maximum Gasteiger partial charge on any atom is 0.0326 e. The number of hydrogen-bond donors (Lipinski definition) is 1. The molecule has 2 heteroatoms. The fraction of sp³-hybridized carbons (Fsp3) is 0.368. The summed E-state index contributed by atoms with van der Waals surface area (Å²) in [5.41, 5.74) is 11.2. The van der Waals surface area contributed by atoms with Crippen LogP contribution in [-0.4, -0.2) is 18.0 Å². The van der Waals surface area contributed by atoms with E-state index in [-0.39, 0.29) is 0 Å². The Bertz CT molecular complexity index is 563. The van der Waals surface area contributed by atoms with Crippen LogP contribution in [0.4, 0.5) is 0 Å². The van der Waals surface area contributed by atoms with Crippen molar-refractivity contribution in [1.82, 2.24) is 4.90 Å². The number of rotatable bonds is 6. The van der Waals surface area contributed by atoms with E-state index in [1.54, 1.807) is 0 Å². The first kappa shape index (κ1) is 15.7. The molecule has 0 amide bonds. The molecular formula is C19H26N2. The van der Waals surface area contributed by atoms with Crippen LogP contribution in [0.1, 0.15) is 35.2 Å². The maximum absolute atomic E-state index is 5.83. The Morgan fingerprint density at radius 2 is 1.76 bits per heavy atom. The first-order chi connectivity index (χ1) is 10.1. The summed E-state index contributed by atoms with van der Waals surface area (Å²) in [5, 5.41) is 0. The molecule has 0 aliphatic carbocycles. The van der Waals surface area contributed by atoms with E-state index in [2.05, 4.69) is 74.2 Å². The second kappa shape index (κ2) is 7.39. The van der Waals surface area contributed by atoms with Gasteiger partial charge in [0.2, 0.25) is 0 Å². The topological polar surface area (TPSA) is 29.3 Å². The Balaban J connectivity index is 2.22. The zero-order valence-corrected chi connectivity index (χ0v) is 13.3. The summed E-state index contributed by atoms with van der Waals surface area (Å²) in [6.07, 6.45) is 0. The molecule has 0 radical (unpaired) electrons. The SMILES string of the molecule is Cc1ccc(C)c(C(C)N(CCN)Cc2ccccc2)c1. The van der Waals surface area contributed by atoms with Crippen LogP contribution >= 0.6 is 0 Å². The van der Waals surface area contributed by atoms with E-state index in [1.807, 2.05) is 0 Å². The maximum atomic E-state index is 5.83. The number of benzene rings is 2. The number of nitrogens with two attached hydrogens (primary N) is 1. The number of hydrogen-bond acceptors (Lipinski definition) is 2. The summed E-state index contributed by atoms with van der Waals surface area (Å²) in [6.45, 7) is 9.15. The Hall–Kier alpha value is -1.64. The second-order valence-corrected chi connectivity index (χ2v) is 5.78. The Morgan fingerprint density at radius 1 is 1.05 bits per heavy atom. The predicted octanol–water partition coefficient (Wildman–Crippen LogP) is 3.83. The summed E-state index contributed by atoms with van der Waals surface area (Å²) < 4.78 is 0. The third kappa shape index (κ3) is 4.16. The molecule has 21 heavy (non-hydrogen) atoms. The fourth-order valence-electron chi connectivity index (χ4n) is 2.80. The summed E-state index contributed by atoms with van der Waals surface area (Å²) in [6, 6.07) is 17.7. The molecule has 2 rings (SSSR count). The Labute approximate surface area is 128 Å². The molecule has 1 unspecified atom stereocenters. The largest absolute Gasteiger partial charge is 0.329 e. The van der Waals surface area contributed by atoms with Crippen molar-refractivity contribution in [3.8, 4) is 0 Å². The van der Waals surface area contributed by atoms with Crippen LogP contribution in [-0.2, 0) is 6.54 Å². The van der Waals surface area contributed by atoms with Crippen molar-refractivity contribution in [1.29, 1.82) is 0 Å². The van der Waals surface area contributed by atoms with Gasteiger partial charge >= 0.3 is 0 Å². The molecule has 0 aromatic heterocycles. The van der Waals surface area contributed by atoms with Gasteiger partial charge in [0.15, 0.2) is 0 Å². The van der Waals surface area contributed by atoms with Gasteiger partial charge in [-0.05, 0) is 37.5 Å². The third-order valence-corrected chi connectivity index (χ3v) is 4.08. The summed E-state index contributed by atoms with van der Waals surface area (Å²) in [5.74, 6) is 0. The summed E-state index contributed by atoms with van der Waals surface area (Å²) in [4.78, 5) is 2.46. The van der Waals surface area contributed by atoms with Crippen LogP contribution < -0.4 is 5.73 Å². The molecule has 0 saturated heterocycles. The van der Waals surface area contributed by atoms with Gasteiger partial charge in [-0.3, -0.25) is 4.90 Å². The zero-order chi connectivity index (χ0) is 15.2. The molecule has 0 heterocycles. The lowest BCUT2D eigenvalue weighted by atomic mass is 9.98. The minimum atomic E-state index is 0.369. The van der Waals surface area contributed by atoms with Gasteiger partial charge in [-0.25, -0.2) is 0 Å². The van der Waals surface area contributed by atoms with E-state index in [0.29, 0.717) is 12.6 Å². The lowest BCUT2D eigenvalue weighted by molar-refractivity contribution is 0.207. The molecule has 0 fully saturated rings. The average Bonchev–Trinajstić information content (AvgIpc) is 2.49. The van der Waals surface area contributed by atoms with Crippen molar-refractivity contribution < 1.29 is 0 Å². The first-order valence-corrected chi connectivity index (χ1v) is 7.67. The molecule has 2 aromatic rings. The second-order valence-electron chi connectivity index (χ2n) is 5.78. The Morgan fingerprint density at radius 3 is 2.43 bits per heavy atom. The Kier molecular flexibility index (Phi) is 5.54. The normalized spacial score (nSPS) is 12.6. The molecule has 0 saturated carbocycles. The van der Waals surface area contributed by atoms with E-state index in [0.717, 1.165) is 13.1 Å². The van der Waals surface area contributed by atoms with Gasteiger partial charge in [0, 0.05) is 25.7 Å². The van der Waals surface area contributed by atoms with Gasteiger partial charge in [0.05, 0.1) is 0 Å². The summed E-state index contributed by atoms with van der Waals surface area (Å²) in [7, 11) is 0. The van der Waals surface area contributed by atoms with E-state index < -0.39 is 0 Å². The predicted molar refractivity (Wildman–Crippen MR) is 90.2 cm³/mol. The summed E-state index contributed by atoms with van der Waals surface area (Å²) >= 11 is 0. The molecule has 0 bridgehead atoms. The van der Waals surface area contributed by atoms with Crippen molar-refractivity contribution in [3.63, 3.8) is 0 Å². The van der Waals surface area contributed by atoms with E-state index in [1.165, 1.54) is 22.3 Å². The fourth-order valence-corrected chi connectivity index (χ4v) is 2.80. The molecule has 0 aliphatic heterocycles. The van der Waals surface area contributed by atoms with Crippen LogP contribution in [0.15, 0.2) is 48.5 Å². The molecule has 2 aromatic carbocycles. The molecule has 112 valence electrons. The van der Waals surface area contributed by atoms with Gasteiger partial charge in [-0.1, -0.05) is 54.1 Å². The van der Waals surface area contributed by atoms with Crippen LogP contribution in [0.5, 0.6) is 0 Å². The highest BCUT2D eigenvalue weighted by atomic mass is 15.2. The average molecular weight is 282 g/mol. The minimum absolute atomic E-state index is 0.369. The molecule has 2 nitrogen and oxygen atoms in total. The van der Waals surface area contributed by atoms with Gasteiger partial charge in [0.1, 0.15) is 0 Å². The van der Waals surface area contributed by atoms with Crippen molar-refractivity contribution in [2.24, 2.45) is 5.73 Å². The van der Waals surface area contributed by atoms with Crippen LogP contribution in [0, 0.1) is 13.8 Å². The standard InChI is InChI=1S/C19H26N2/c1-15-9-10-16(2)19(13-15)17(3)21(12-11-20)14-18-7-5-4-6-8-18/h4-10,13,17H,11-12,14,20H2,1-3H3. The van der Waals surface area contributed by atoms with Crippen LogP contribution in [0.25, 0.3) is 0 Å². The van der Waals surface area contributed by atoms with Crippen molar-refractivity contribution in [2.45, 2.75) is 33.4 Å². The van der Waals surface area contributed by atoms with E-state index in [4.69, 9.17) is 5.73 Å². The smallest absolute Gasteiger partial charge is 0.0326 e. The van der Waals surface area contributed by atoms with E-state index in [9.17, 15) is 0 Å².